The number of carbonyl (C=O) groups excluding carboxylic acids is 2. The minimum Gasteiger partial charge on any atom is -0.454 e. The normalized spacial score (nSPS) is 16.9. The molecule has 0 bridgehead atoms. The topological polar surface area (TPSA) is 76.7 Å². The van der Waals surface area contributed by atoms with Crippen molar-refractivity contribution in [2.24, 2.45) is 5.41 Å². The summed E-state index contributed by atoms with van der Waals surface area (Å²) in [5.41, 5.74) is -0.196. The fourth-order valence-corrected chi connectivity index (χ4v) is 2.99. The van der Waals surface area contributed by atoms with E-state index in [9.17, 15) is 9.59 Å². The van der Waals surface area contributed by atoms with Crippen LogP contribution in [-0.2, 0) is 16.1 Å². The molecule has 0 radical (unpaired) electrons. The first kappa shape index (κ1) is 16.6. The molecule has 1 saturated carbocycles. The lowest BCUT2D eigenvalue weighted by molar-refractivity contribution is -0.141. The molecule has 1 aliphatic carbocycles. The van der Waals surface area contributed by atoms with Gasteiger partial charge in [-0.15, -0.1) is 0 Å². The first-order valence-corrected chi connectivity index (χ1v) is 8.44. The minimum absolute atomic E-state index is 0.207. The summed E-state index contributed by atoms with van der Waals surface area (Å²) >= 11 is 0. The monoisotopic (exact) mass is 332 g/mol. The van der Waals surface area contributed by atoms with E-state index < -0.39 is 5.41 Å². The molecule has 1 heterocycles. The molecule has 0 saturated heterocycles. The second-order valence-electron chi connectivity index (χ2n) is 6.95. The van der Waals surface area contributed by atoms with E-state index >= 15 is 0 Å². The van der Waals surface area contributed by atoms with E-state index in [1.165, 1.54) is 0 Å². The molecule has 130 valence electrons. The predicted octanol–water partition coefficient (Wildman–Crippen LogP) is 2.12. The highest BCUT2D eigenvalue weighted by Gasteiger charge is 2.37. The number of hydrogen-bond donors (Lipinski definition) is 2. The third-order valence-electron chi connectivity index (χ3n) is 4.72. The summed E-state index contributed by atoms with van der Waals surface area (Å²) in [6, 6.07) is 5.74. The van der Waals surface area contributed by atoms with Crippen molar-refractivity contribution >= 4 is 11.8 Å². The highest BCUT2D eigenvalue weighted by Crippen LogP contribution is 2.32. The smallest absolute Gasteiger partial charge is 0.235 e. The van der Waals surface area contributed by atoms with E-state index in [1.807, 2.05) is 18.2 Å². The molecule has 24 heavy (non-hydrogen) atoms. The summed E-state index contributed by atoms with van der Waals surface area (Å²) in [7, 11) is 0. The zero-order valence-electron chi connectivity index (χ0n) is 14.2. The Hall–Kier alpha value is -2.24. The Morgan fingerprint density at radius 1 is 1.12 bits per heavy atom. The molecule has 0 atom stereocenters. The Bertz CT molecular complexity index is 636. The average Bonchev–Trinajstić information content (AvgIpc) is 3.22. The molecule has 1 aromatic carbocycles. The number of hydrogen-bond acceptors (Lipinski definition) is 4. The highest BCUT2D eigenvalue weighted by molar-refractivity contribution is 6.04. The zero-order chi connectivity index (χ0) is 17.2. The van der Waals surface area contributed by atoms with Gasteiger partial charge >= 0.3 is 0 Å². The van der Waals surface area contributed by atoms with Crippen molar-refractivity contribution in [1.29, 1.82) is 0 Å². The number of carbonyl (C=O) groups is 2. The number of rotatable bonds is 5. The third-order valence-corrected chi connectivity index (χ3v) is 4.72. The lowest BCUT2D eigenvalue weighted by Crippen LogP contribution is -2.49. The minimum atomic E-state index is -1.10. The van der Waals surface area contributed by atoms with Crippen molar-refractivity contribution in [3.05, 3.63) is 23.8 Å². The fraction of sp³-hybridized carbons (Fsp3) is 0.556. The maximum absolute atomic E-state index is 12.5. The lowest BCUT2D eigenvalue weighted by Gasteiger charge is -2.25. The van der Waals surface area contributed by atoms with Crippen LogP contribution in [0.25, 0.3) is 0 Å². The quantitative estimate of drug-likeness (QED) is 0.810. The first-order chi connectivity index (χ1) is 11.5. The van der Waals surface area contributed by atoms with E-state index in [0.29, 0.717) is 18.0 Å². The maximum Gasteiger partial charge on any atom is 0.235 e. The summed E-state index contributed by atoms with van der Waals surface area (Å²) in [5, 5.41) is 5.84. The van der Waals surface area contributed by atoms with Gasteiger partial charge in [0.15, 0.2) is 11.5 Å². The molecule has 2 aliphatic rings. The van der Waals surface area contributed by atoms with Gasteiger partial charge in [-0.25, -0.2) is 0 Å². The molecule has 2 amide bonds. The number of ether oxygens (including phenoxy) is 2. The predicted molar refractivity (Wildman–Crippen MR) is 88.6 cm³/mol. The maximum atomic E-state index is 12.5. The molecule has 6 nitrogen and oxygen atoms in total. The Kier molecular flexibility index (Phi) is 4.64. The average molecular weight is 332 g/mol. The Morgan fingerprint density at radius 3 is 2.58 bits per heavy atom. The summed E-state index contributed by atoms with van der Waals surface area (Å²) < 4.78 is 10.6. The van der Waals surface area contributed by atoms with Crippen LogP contribution in [0.1, 0.15) is 45.1 Å². The molecular weight excluding hydrogens is 308 g/mol. The molecule has 0 aromatic heterocycles. The number of amides is 2. The number of nitrogens with one attached hydrogen (secondary N) is 2. The molecule has 3 rings (SSSR count). The second kappa shape index (κ2) is 6.71. The molecule has 1 aliphatic heterocycles. The molecule has 0 unspecified atom stereocenters. The van der Waals surface area contributed by atoms with Crippen LogP contribution in [0, 0.1) is 5.41 Å². The van der Waals surface area contributed by atoms with Gasteiger partial charge in [0.2, 0.25) is 18.6 Å². The van der Waals surface area contributed by atoms with Crippen molar-refractivity contribution in [3.63, 3.8) is 0 Å². The van der Waals surface area contributed by atoms with Crippen LogP contribution in [-0.4, -0.2) is 24.6 Å². The molecule has 6 heteroatoms. The van der Waals surface area contributed by atoms with Crippen molar-refractivity contribution < 1.29 is 19.1 Å². The summed E-state index contributed by atoms with van der Waals surface area (Å²) in [5.74, 6) is 0.898. The van der Waals surface area contributed by atoms with E-state index in [1.54, 1.807) is 13.8 Å². The van der Waals surface area contributed by atoms with Crippen molar-refractivity contribution in [1.82, 2.24) is 10.6 Å². The van der Waals surface area contributed by atoms with Crippen LogP contribution >= 0.6 is 0 Å². The molecule has 2 N–H and O–H groups in total. The Balaban J connectivity index is 1.55. The summed E-state index contributed by atoms with van der Waals surface area (Å²) in [6.07, 6.45) is 4.28. The van der Waals surface area contributed by atoms with Gasteiger partial charge in [-0.05, 0) is 44.4 Å². The van der Waals surface area contributed by atoms with Gasteiger partial charge < -0.3 is 20.1 Å². The highest BCUT2D eigenvalue weighted by atomic mass is 16.7. The molecular formula is C18H24N2O4. The number of fused-ring (bicyclic) bond motifs is 1. The molecule has 1 fully saturated rings. The van der Waals surface area contributed by atoms with Crippen molar-refractivity contribution in [3.8, 4) is 11.5 Å². The van der Waals surface area contributed by atoms with Gasteiger partial charge in [-0.3, -0.25) is 9.59 Å². The van der Waals surface area contributed by atoms with Crippen LogP contribution in [0.2, 0.25) is 0 Å². The Labute approximate surface area is 141 Å². The van der Waals surface area contributed by atoms with Gasteiger partial charge in [0.1, 0.15) is 5.41 Å². The van der Waals surface area contributed by atoms with Crippen LogP contribution in [0.15, 0.2) is 18.2 Å². The van der Waals surface area contributed by atoms with E-state index in [0.717, 1.165) is 31.2 Å². The van der Waals surface area contributed by atoms with Gasteiger partial charge in [-0.1, -0.05) is 18.9 Å². The van der Waals surface area contributed by atoms with Crippen molar-refractivity contribution in [2.45, 2.75) is 52.1 Å². The Morgan fingerprint density at radius 2 is 1.83 bits per heavy atom. The summed E-state index contributed by atoms with van der Waals surface area (Å²) in [6.45, 7) is 3.88. The van der Waals surface area contributed by atoms with Crippen LogP contribution in [0.3, 0.4) is 0 Å². The fourth-order valence-electron chi connectivity index (χ4n) is 2.99. The molecule has 0 spiro atoms. The van der Waals surface area contributed by atoms with E-state index in [-0.39, 0.29) is 24.6 Å². The van der Waals surface area contributed by atoms with Crippen LogP contribution in [0.5, 0.6) is 11.5 Å². The number of benzene rings is 1. The van der Waals surface area contributed by atoms with Gasteiger partial charge in [0, 0.05) is 12.6 Å². The lowest BCUT2D eigenvalue weighted by atomic mass is 9.90. The van der Waals surface area contributed by atoms with Crippen molar-refractivity contribution in [2.75, 3.05) is 6.79 Å². The largest absolute Gasteiger partial charge is 0.454 e. The van der Waals surface area contributed by atoms with Gasteiger partial charge in [-0.2, -0.15) is 0 Å². The zero-order valence-corrected chi connectivity index (χ0v) is 14.2. The SMILES string of the molecule is CC(C)(C(=O)NCc1ccc2c(c1)OCO2)C(=O)NC1CCCC1. The third kappa shape index (κ3) is 3.47. The van der Waals surface area contributed by atoms with Gasteiger partial charge in [0.25, 0.3) is 0 Å². The summed E-state index contributed by atoms with van der Waals surface area (Å²) in [4.78, 5) is 24.9. The standard InChI is InChI=1S/C18H24N2O4/c1-18(2,17(22)20-13-5-3-4-6-13)16(21)19-10-12-7-8-14-15(9-12)24-11-23-14/h7-9,13H,3-6,10-11H2,1-2H3,(H,19,21)(H,20,22). The van der Waals surface area contributed by atoms with E-state index in [2.05, 4.69) is 10.6 Å². The van der Waals surface area contributed by atoms with E-state index in [4.69, 9.17) is 9.47 Å². The second-order valence-corrected chi connectivity index (χ2v) is 6.95. The first-order valence-electron chi connectivity index (χ1n) is 8.44. The molecule has 1 aromatic rings. The van der Waals surface area contributed by atoms with Gasteiger partial charge in [0.05, 0.1) is 0 Å². The van der Waals surface area contributed by atoms with Crippen LogP contribution < -0.4 is 20.1 Å². The van der Waals surface area contributed by atoms with Crippen LogP contribution in [0.4, 0.5) is 0 Å².